The van der Waals surface area contributed by atoms with E-state index in [1.165, 1.54) is 6.42 Å². The molecular weight excluding hydrogens is 262 g/mol. The summed E-state index contributed by atoms with van der Waals surface area (Å²) in [7, 11) is 0. The van der Waals surface area contributed by atoms with Crippen LogP contribution >= 0.6 is 0 Å². The van der Waals surface area contributed by atoms with Crippen LogP contribution in [0.25, 0.3) is 10.9 Å². The van der Waals surface area contributed by atoms with Gasteiger partial charge in [-0.15, -0.1) is 0 Å². The first-order chi connectivity index (χ1) is 10.3. The number of fused-ring (bicyclic) bond motifs is 1. The first-order valence-corrected chi connectivity index (χ1v) is 7.66. The van der Waals surface area contributed by atoms with Crippen molar-refractivity contribution >= 4 is 16.8 Å². The van der Waals surface area contributed by atoms with Crippen LogP contribution in [0.2, 0.25) is 0 Å². The van der Waals surface area contributed by atoms with E-state index in [1.54, 1.807) is 6.20 Å². The van der Waals surface area contributed by atoms with Gasteiger partial charge < -0.3 is 10.2 Å². The van der Waals surface area contributed by atoms with Crippen molar-refractivity contribution in [2.24, 2.45) is 0 Å². The smallest absolute Gasteiger partial charge is 0.254 e. The molecule has 1 unspecified atom stereocenters. The molecule has 1 amide bonds. The molecule has 3 rings (SSSR count). The Morgan fingerprint density at radius 1 is 1.38 bits per heavy atom. The summed E-state index contributed by atoms with van der Waals surface area (Å²) < 4.78 is 0. The highest BCUT2D eigenvalue weighted by atomic mass is 16.2. The molecule has 4 heteroatoms. The molecule has 1 fully saturated rings. The Morgan fingerprint density at radius 3 is 3.00 bits per heavy atom. The monoisotopic (exact) mass is 283 g/mol. The first kappa shape index (κ1) is 14.0. The first-order valence-electron chi connectivity index (χ1n) is 7.66. The number of carbonyl (C=O) groups excluding carboxylic acids is 1. The molecule has 4 nitrogen and oxygen atoms in total. The van der Waals surface area contributed by atoms with Crippen LogP contribution in [-0.4, -0.2) is 41.5 Å². The van der Waals surface area contributed by atoms with Crippen molar-refractivity contribution in [1.29, 1.82) is 0 Å². The molecule has 2 aromatic rings. The molecule has 21 heavy (non-hydrogen) atoms. The molecule has 1 aliphatic heterocycles. The molecule has 1 aliphatic rings. The fourth-order valence-corrected chi connectivity index (χ4v) is 2.99. The molecule has 1 N–H and O–H groups in total. The summed E-state index contributed by atoms with van der Waals surface area (Å²) in [4.78, 5) is 19.1. The number of aromatic nitrogens is 1. The molecular formula is C17H21N3O. The molecule has 0 saturated carbocycles. The highest BCUT2D eigenvalue weighted by Gasteiger charge is 2.22. The SMILES string of the molecule is CCN(CC1CCCN1)C(=O)c1ccnc2ccccc12. The van der Waals surface area contributed by atoms with Crippen molar-refractivity contribution < 1.29 is 4.79 Å². The fourth-order valence-electron chi connectivity index (χ4n) is 2.99. The average molecular weight is 283 g/mol. The molecule has 0 radical (unpaired) electrons. The quantitative estimate of drug-likeness (QED) is 0.937. The number of nitrogens with one attached hydrogen (secondary N) is 1. The van der Waals surface area contributed by atoms with Gasteiger partial charge in [-0.05, 0) is 38.4 Å². The fraction of sp³-hybridized carbons (Fsp3) is 0.412. The van der Waals surface area contributed by atoms with E-state index in [-0.39, 0.29) is 5.91 Å². The van der Waals surface area contributed by atoms with Gasteiger partial charge in [0.25, 0.3) is 5.91 Å². The lowest BCUT2D eigenvalue weighted by Crippen LogP contribution is -2.41. The predicted molar refractivity (Wildman–Crippen MR) is 84.3 cm³/mol. The van der Waals surface area contributed by atoms with Gasteiger partial charge in [0.05, 0.1) is 11.1 Å². The maximum absolute atomic E-state index is 12.8. The summed E-state index contributed by atoms with van der Waals surface area (Å²) in [6.07, 6.45) is 4.08. The van der Waals surface area contributed by atoms with E-state index in [0.29, 0.717) is 6.04 Å². The normalized spacial score (nSPS) is 18.0. The number of likely N-dealkylation sites (N-methyl/N-ethyl adjacent to an activating group) is 1. The van der Waals surface area contributed by atoms with Gasteiger partial charge in [0, 0.05) is 30.7 Å². The number of carbonyl (C=O) groups is 1. The molecule has 1 aromatic heterocycles. The summed E-state index contributed by atoms with van der Waals surface area (Å²) >= 11 is 0. The van der Waals surface area contributed by atoms with E-state index in [0.717, 1.165) is 42.5 Å². The van der Waals surface area contributed by atoms with Gasteiger partial charge >= 0.3 is 0 Å². The molecule has 1 atom stereocenters. The number of amides is 1. The summed E-state index contributed by atoms with van der Waals surface area (Å²) in [5.74, 6) is 0.102. The Morgan fingerprint density at radius 2 is 2.24 bits per heavy atom. The zero-order valence-electron chi connectivity index (χ0n) is 12.4. The van der Waals surface area contributed by atoms with Crippen molar-refractivity contribution in [2.75, 3.05) is 19.6 Å². The maximum atomic E-state index is 12.8. The molecule has 0 spiro atoms. The molecule has 1 saturated heterocycles. The Balaban J connectivity index is 1.87. The topological polar surface area (TPSA) is 45.2 Å². The predicted octanol–water partition coefficient (Wildman–Crippen LogP) is 2.45. The highest BCUT2D eigenvalue weighted by Crippen LogP contribution is 2.18. The molecule has 110 valence electrons. The van der Waals surface area contributed by atoms with Gasteiger partial charge in [-0.25, -0.2) is 0 Å². The van der Waals surface area contributed by atoms with Crippen molar-refractivity contribution in [3.63, 3.8) is 0 Å². The third-order valence-electron chi connectivity index (χ3n) is 4.15. The van der Waals surface area contributed by atoms with E-state index >= 15 is 0 Å². The number of hydrogen-bond acceptors (Lipinski definition) is 3. The van der Waals surface area contributed by atoms with E-state index in [2.05, 4.69) is 10.3 Å². The van der Waals surface area contributed by atoms with Crippen molar-refractivity contribution in [3.8, 4) is 0 Å². The summed E-state index contributed by atoms with van der Waals surface area (Å²) in [6, 6.07) is 10.1. The number of hydrogen-bond donors (Lipinski definition) is 1. The van der Waals surface area contributed by atoms with Crippen LogP contribution in [0.4, 0.5) is 0 Å². The Bertz CT molecular complexity index is 629. The van der Waals surface area contributed by atoms with E-state index in [4.69, 9.17) is 0 Å². The third kappa shape index (κ3) is 2.90. The van der Waals surface area contributed by atoms with Crippen LogP contribution in [0.1, 0.15) is 30.1 Å². The lowest BCUT2D eigenvalue weighted by Gasteiger charge is -2.25. The zero-order chi connectivity index (χ0) is 14.7. The maximum Gasteiger partial charge on any atom is 0.254 e. The minimum Gasteiger partial charge on any atom is -0.337 e. The second-order valence-corrected chi connectivity index (χ2v) is 5.51. The van der Waals surface area contributed by atoms with Gasteiger partial charge in [0.15, 0.2) is 0 Å². The van der Waals surface area contributed by atoms with E-state index in [1.807, 2.05) is 42.2 Å². The van der Waals surface area contributed by atoms with Crippen LogP contribution in [0.5, 0.6) is 0 Å². The summed E-state index contributed by atoms with van der Waals surface area (Å²) in [6.45, 7) is 4.62. The largest absolute Gasteiger partial charge is 0.337 e. The van der Waals surface area contributed by atoms with Crippen LogP contribution in [0.15, 0.2) is 36.5 Å². The lowest BCUT2D eigenvalue weighted by molar-refractivity contribution is 0.0753. The number of benzene rings is 1. The number of pyridine rings is 1. The number of rotatable bonds is 4. The van der Waals surface area contributed by atoms with Gasteiger partial charge in [-0.1, -0.05) is 18.2 Å². The Hall–Kier alpha value is -1.94. The van der Waals surface area contributed by atoms with Gasteiger partial charge in [-0.2, -0.15) is 0 Å². The lowest BCUT2D eigenvalue weighted by atomic mass is 10.1. The minimum atomic E-state index is 0.102. The summed E-state index contributed by atoms with van der Waals surface area (Å²) in [5.41, 5.74) is 1.62. The van der Waals surface area contributed by atoms with Crippen molar-refractivity contribution in [3.05, 3.63) is 42.1 Å². The number of nitrogens with zero attached hydrogens (tertiary/aromatic N) is 2. The Labute approximate surface area is 125 Å². The molecule has 1 aromatic carbocycles. The standard InChI is InChI=1S/C17H21N3O/c1-2-20(12-13-6-5-10-18-13)17(21)15-9-11-19-16-8-4-3-7-14(15)16/h3-4,7-9,11,13,18H,2,5-6,10,12H2,1H3. The molecule has 0 aliphatic carbocycles. The van der Waals surface area contributed by atoms with Gasteiger partial charge in [0.1, 0.15) is 0 Å². The molecule has 0 bridgehead atoms. The van der Waals surface area contributed by atoms with Gasteiger partial charge in [-0.3, -0.25) is 9.78 Å². The second kappa shape index (κ2) is 6.22. The van der Waals surface area contributed by atoms with E-state index in [9.17, 15) is 4.79 Å². The molecule has 2 heterocycles. The van der Waals surface area contributed by atoms with Crippen LogP contribution < -0.4 is 5.32 Å². The van der Waals surface area contributed by atoms with E-state index < -0.39 is 0 Å². The Kier molecular flexibility index (Phi) is 4.15. The highest BCUT2D eigenvalue weighted by molar-refractivity contribution is 6.05. The average Bonchev–Trinajstić information content (AvgIpc) is 3.04. The number of para-hydroxylation sites is 1. The van der Waals surface area contributed by atoms with Crippen LogP contribution in [0.3, 0.4) is 0 Å². The minimum absolute atomic E-state index is 0.102. The second-order valence-electron chi connectivity index (χ2n) is 5.51. The third-order valence-corrected chi connectivity index (χ3v) is 4.15. The van der Waals surface area contributed by atoms with Crippen molar-refractivity contribution in [2.45, 2.75) is 25.8 Å². The van der Waals surface area contributed by atoms with Gasteiger partial charge in [0.2, 0.25) is 0 Å². The summed E-state index contributed by atoms with van der Waals surface area (Å²) in [5, 5.41) is 4.39. The van der Waals surface area contributed by atoms with Crippen LogP contribution in [-0.2, 0) is 0 Å². The zero-order valence-corrected chi connectivity index (χ0v) is 12.4. The van der Waals surface area contributed by atoms with Crippen LogP contribution in [0, 0.1) is 0 Å². The van der Waals surface area contributed by atoms with Crippen molar-refractivity contribution in [1.82, 2.24) is 15.2 Å².